The summed E-state index contributed by atoms with van der Waals surface area (Å²) in [6, 6.07) is 17.5. The van der Waals surface area contributed by atoms with E-state index in [1.807, 2.05) is 60.0 Å². The standard InChI is InChI=1S/C21H18O3S/c1-23-19-9-5-10-20(24-2)18(19)13-15(14-22)16-7-3-4-8-17(16)21-11-6-12-25-21/h3-14H,1-2H3. The van der Waals surface area contributed by atoms with Crippen LogP contribution in [0.4, 0.5) is 0 Å². The predicted molar refractivity (Wildman–Crippen MR) is 103 cm³/mol. The third-order valence-corrected chi connectivity index (χ3v) is 4.82. The Bertz CT molecular complexity index is 873. The average Bonchev–Trinajstić information content (AvgIpc) is 3.20. The molecule has 3 nitrogen and oxygen atoms in total. The first-order valence-electron chi connectivity index (χ1n) is 7.79. The number of ether oxygens (including phenoxy) is 2. The van der Waals surface area contributed by atoms with E-state index in [1.165, 1.54) is 0 Å². The molecule has 3 aromatic rings. The molecule has 1 aromatic heterocycles. The Morgan fingerprint density at radius 3 is 2.24 bits per heavy atom. The zero-order valence-corrected chi connectivity index (χ0v) is 14.9. The van der Waals surface area contributed by atoms with Gasteiger partial charge >= 0.3 is 0 Å². The molecule has 0 aliphatic rings. The molecule has 0 radical (unpaired) electrons. The number of thiophene rings is 1. The van der Waals surface area contributed by atoms with Crippen LogP contribution in [0.5, 0.6) is 11.5 Å². The van der Waals surface area contributed by atoms with Crippen molar-refractivity contribution >= 4 is 29.3 Å². The number of methoxy groups -OCH3 is 2. The largest absolute Gasteiger partial charge is 0.496 e. The number of carbonyl (C=O) groups excluding carboxylic acids is 1. The molecule has 0 amide bonds. The third-order valence-electron chi connectivity index (χ3n) is 3.92. The molecule has 0 unspecified atom stereocenters. The first kappa shape index (κ1) is 17.0. The Hall–Kier alpha value is -2.85. The zero-order chi connectivity index (χ0) is 17.6. The van der Waals surface area contributed by atoms with Crippen LogP contribution >= 0.6 is 11.3 Å². The highest BCUT2D eigenvalue weighted by atomic mass is 32.1. The van der Waals surface area contributed by atoms with E-state index in [4.69, 9.17) is 9.47 Å². The number of hydrogen-bond acceptors (Lipinski definition) is 4. The Morgan fingerprint density at radius 2 is 1.64 bits per heavy atom. The molecule has 4 heteroatoms. The maximum Gasteiger partial charge on any atom is 0.150 e. The van der Waals surface area contributed by atoms with Gasteiger partial charge < -0.3 is 9.47 Å². The van der Waals surface area contributed by atoms with Gasteiger partial charge in [-0.15, -0.1) is 11.3 Å². The fourth-order valence-electron chi connectivity index (χ4n) is 2.73. The van der Waals surface area contributed by atoms with Gasteiger partial charge in [-0.1, -0.05) is 36.4 Å². The van der Waals surface area contributed by atoms with Gasteiger partial charge in [0.05, 0.1) is 19.8 Å². The van der Waals surface area contributed by atoms with E-state index in [9.17, 15) is 4.79 Å². The number of aldehydes is 1. The van der Waals surface area contributed by atoms with Crippen LogP contribution in [0.1, 0.15) is 11.1 Å². The van der Waals surface area contributed by atoms with Crippen LogP contribution in [0.25, 0.3) is 22.1 Å². The Balaban J connectivity index is 2.18. The van der Waals surface area contributed by atoms with E-state index in [2.05, 4.69) is 6.07 Å². The lowest BCUT2D eigenvalue weighted by Crippen LogP contribution is -1.95. The van der Waals surface area contributed by atoms with Crippen molar-refractivity contribution < 1.29 is 14.3 Å². The van der Waals surface area contributed by atoms with E-state index in [0.717, 1.165) is 27.9 Å². The van der Waals surface area contributed by atoms with Gasteiger partial charge in [-0.05, 0) is 40.8 Å². The van der Waals surface area contributed by atoms with Crippen LogP contribution in [0.3, 0.4) is 0 Å². The lowest BCUT2D eigenvalue weighted by molar-refractivity contribution is -0.103. The average molecular weight is 350 g/mol. The monoisotopic (exact) mass is 350 g/mol. The summed E-state index contributed by atoms with van der Waals surface area (Å²) < 4.78 is 10.9. The smallest absolute Gasteiger partial charge is 0.150 e. The van der Waals surface area contributed by atoms with Crippen molar-refractivity contribution in [2.75, 3.05) is 14.2 Å². The number of carbonyl (C=O) groups is 1. The molecule has 2 aromatic carbocycles. The molecule has 0 fully saturated rings. The first-order chi connectivity index (χ1) is 12.3. The van der Waals surface area contributed by atoms with Gasteiger partial charge in [0.2, 0.25) is 0 Å². The summed E-state index contributed by atoms with van der Waals surface area (Å²) in [6.07, 6.45) is 2.69. The summed E-state index contributed by atoms with van der Waals surface area (Å²) in [5.41, 5.74) is 3.24. The van der Waals surface area contributed by atoms with E-state index in [-0.39, 0.29) is 0 Å². The van der Waals surface area contributed by atoms with Crippen molar-refractivity contribution in [2.45, 2.75) is 0 Å². The van der Waals surface area contributed by atoms with E-state index < -0.39 is 0 Å². The maximum atomic E-state index is 11.9. The number of allylic oxidation sites excluding steroid dienone is 1. The van der Waals surface area contributed by atoms with Gasteiger partial charge in [0.25, 0.3) is 0 Å². The molecule has 1 heterocycles. The Morgan fingerprint density at radius 1 is 0.920 bits per heavy atom. The zero-order valence-electron chi connectivity index (χ0n) is 14.1. The summed E-state index contributed by atoms with van der Waals surface area (Å²) in [5.74, 6) is 1.32. The highest BCUT2D eigenvalue weighted by Gasteiger charge is 2.13. The highest BCUT2D eigenvalue weighted by molar-refractivity contribution is 7.13. The number of benzene rings is 2. The van der Waals surface area contributed by atoms with Crippen LogP contribution in [0.15, 0.2) is 60.0 Å². The minimum absolute atomic E-state index is 0.576. The van der Waals surface area contributed by atoms with E-state index in [0.29, 0.717) is 17.1 Å². The fourth-order valence-corrected chi connectivity index (χ4v) is 3.50. The van der Waals surface area contributed by atoms with Crippen molar-refractivity contribution in [3.8, 4) is 21.9 Å². The quantitative estimate of drug-likeness (QED) is 0.349. The summed E-state index contributed by atoms with van der Waals surface area (Å²) in [7, 11) is 3.21. The molecule has 0 atom stereocenters. The molecular weight excluding hydrogens is 332 g/mol. The molecule has 0 spiro atoms. The van der Waals surface area contributed by atoms with Crippen molar-refractivity contribution in [1.29, 1.82) is 0 Å². The predicted octanol–water partition coefficient (Wildman–Crippen LogP) is 5.17. The topological polar surface area (TPSA) is 35.5 Å². The lowest BCUT2D eigenvalue weighted by atomic mass is 9.97. The van der Waals surface area contributed by atoms with Gasteiger partial charge in [0.15, 0.2) is 6.29 Å². The van der Waals surface area contributed by atoms with Crippen molar-refractivity contribution in [3.63, 3.8) is 0 Å². The minimum Gasteiger partial charge on any atom is -0.496 e. The molecule has 25 heavy (non-hydrogen) atoms. The summed E-state index contributed by atoms with van der Waals surface area (Å²) in [6.45, 7) is 0. The van der Waals surface area contributed by atoms with Crippen molar-refractivity contribution in [1.82, 2.24) is 0 Å². The van der Waals surface area contributed by atoms with Crippen LogP contribution < -0.4 is 9.47 Å². The van der Waals surface area contributed by atoms with Gasteiger partial charge in [0, 0.05) is 10.5 Å². The van der Waals surface area contributed by atoms with Gasteiger partial charge in [-0.25, -0.2) is 0 Å². The molecule has 0 aliphatic carbocycles. The molecule has 0 aliphatic heterocycles. The van der Waals surface area contributed by atoms with E-state index >= 15 is 0 Å². The normalized spacial score (nSPS) is 11.2. The van der Waals surface area contributed by atoms with Crippen LogP contribution in [0, 0.1) is 0 Å². The fraction of sp³-hybridized carbons (Fsp3) is 0.0952. The Labute approximate surface area is 151 Å². The highest BCUT2D eigenvalue weighted by Crippen LogP contribution is 2.35. The minimum atomic E-state index is 0.576. The second-order valence-electron chi connectivity index (χ2n) is 5.32. The van der Waals surface area contributed by atoms with Crippen molar-refractivity contribution in [3.05, 3.63) is 71.1 Å². The summed E-state index contributed by atoms with van der Waals surface area (Å²) in [5, 5.41) is 2.03. The van der Waals surface area contributed by atoms with Gasteiger partial charge in [-0.3, -0.25) is 4.79 Å². The van der Waals surface area contributed by atoms with Crippen LogP contribution in [-0.4, -0.2) is 20.5 Å². The second-order valence-corrected chi connectivity index (χ2v) is 6.26. The molecule has 3 rings (SSSR count). The van der Waals surface area contributed by atoms with E-state index in [1.54, 1.807) is 25.6 Å². The molecule has 0 N–H and O–H groups in total. The van der Waals surface area contributed by atoms with Crippen LogP contribution in [-0.2, 0) is 4.79 Å². The lowest BCUT2D eigenvalue weighted by Gasteiger charge is -2.12. The SMILES string of the molecule is COc1cccc(OC)c1C=C(C=O)c1ccccc1-c1cccs1. The molecule has 0 saturated heterocycles. The molecule has 126 valence electrons. The summed E-state index contributed by atoms with van der Waals surface area (Å²) in [4.78, 5) is 13.0. The van der Waals surface area contributed by atoms with Gasteiger partial charge in [-0.2, -0.15) is 0 Å². The Kier molecular flexibility index (Phi) is 5.31. The maximum absolute atomic E-state index is 11.9. The molecule has 0 saturated carbocycles. The number of hydrogen-bond donors (Lipinski definition) is 0. The van der Waals surface area contributed by atoms with Crippen LogP contribution in [0.2, 0.25) is 0 Å². The molecular formula is C21H18O3S. The number of rotatable bonds is 6. The second kappa shape index (κ2) is 7.81. The van der Waals surface area contributed by atoms with Gasteiger partial charge in [0.1, 0.15) is 11.5 Å². The third kappa shape index (κ3) is 3.49. The first-order valence-corrected chi connectivity index (χ1v) is 8.67. The van der Waals surface area contributed by atoms with Crippen molar-refractivity contribution in [2.24, 2.45) is 0 Å². The summed E-state index contributed by atoms with van der Waals surface area (Å²) >= 11 is 1.65. The molecule has 0 bridgehead atoms.